The van der Waals surface area contributed by atoms with E-state index in [-0.39, 0.29) is 5.41 Å². The summed E-state index contributed by atoms with van der Waals surface area (Å²) in [4.78, 5) is 23.8. The first-order valence-corrected chi connectivity index (χ1v) is 8.40. The minimum Gasteiger partial charge on any atom is -0.347 e. The average molecular weight is 308 g/mol. The number of carbonyl (C=O) groups excluding carboxylic acids is 2. The van der Waals surface area contributed by atoms with E-state index in [9.17, 15) is 9.59 Å². The van der Waals surface area contributed by atoms with Gasteiger partial charge in [-0.3, -0.25) is 9.59 Å². The lowest BCUT2D eigenvalue weighted by molar-refractivity contribution is -0.140. The molecule has 0 saturated heterocycles. The Kier molecular flexibility index (Phi) is 4.71. The maximum Gasteiger partial charge on any atom is 0.309 e. The molecule has 4 nitrogen and oxygen atoms in total. The first-order valence-electron chi connectivity index (χ1n) is 7.45. The molecule has 2 rings (SSSR count). The van der Waals surface area contributed by atoms with Crippen molar-refractivity contribution < 1.29 is 9.59 Å². The van der Waals surface area contributed by atoms with Crippen LogP contribution in [-0.2, 0) is 15.0 Å². The second kappa shape index (κ2) is 6.18. The molecule has 116 valence electrons. The first-order chi connectivity index (χ1) is 9.82. The number of nitrogens with one attached hydrogen (secondary N) is 2. The molecule has 2 N–H and O–H groups in total. The molecular formula is C16H24N2O2S. The van der Waals surface area contributed by atoms with Crippen LogP contribution in [-0.4, -0.2) is 23.9 Å². The predicted octanol–water partition coefficient (Wildman–Crippen LogP) is 2.59. The Hall–Kier alpha value is -1.36. The molecule has 1 fully saturated rings. The number of rotatable bonds is 3. The van der Waals surface area contributed by atoms with E-state index >= 15 is 0 Å². The maximum atomic E-state index is 12.0. The Morgan fingerprint density at radius 3 is 2.43 bits per heavy atom. The maximum absolute atomic E-state index is 12.0. The molecule has 0 bridgehead atoms. The van der Waals surface area contributed by atoms with E-state index in [0.29, 0.717) is 6.54 Å². The molecule has 1 heterocycles. The van der Waals surface area contributed by atoms with Gasteiger partial charge in [0, 0.05) is 17.5 Å². The van der Waals surface area contributed by atoms with Gasteiger partial charge in [-0.05, 0) is 56.0 Å². The molecule has 0 spiro atoms. The van der Waals surface area contributed by atoms with Gasteiger partial charge in [0.25, 0.3) is 0 Å². The SMILES string of the molecule is CC(C)(C)NC(=O)C(=O)NCC1(c2ccsc2)CCCC1. The molecule has 0 unspecified atom stereocenters. The highest BCUT2D eigenvalue weighted by molar-refractivity contribution is 7.08. The predicted molar refractivity (Wildman–Crippen MR) is 85.4 cm³/mol. The van der Waals surface area contributed by atoms with Gasteiger partial charge in [-0.15, -0.1) is 0 Å². The number of thiophene rings is 1. The van der Waals surface area contributed by atoms with Crippen molar-refractivity contribution in [2.24, 2.45) is 0 Å². The Morgan fingerprint density at radius 2 is 1.90 bits per heavy atom. The number of hydrogen-bond acceptors (Lipinski definition) is 3. The van der Waals surface area contributed by atoms with Crippen molar-refractivity contribution in [2.45, 2.75) is 57.4 Å². The quantitative estimate of drug-likeness (QED) is 0.843. The summed E-state index contributed by atoms with van der Waals surface area (Å²) in [6.45, 7) is 6.13. The molecule has 2 amide bonds. The second-order valence-corrected chi connectivity index (χ2v) is 7.67. The summed E-state index contributed by atoms with van der Waals surface area (Å²) >= 11 is 1.68. The standard InChI is InChI=1S/C16H24N2O2S/c1-15(2,3)18-14(20)13(19)17-11-16(7-4-5-8-16)12-6-9-21-10-12/h6,9-10H,4-5,7-8,11H2,1-3H3,(H,17,19)(H,18,20). The lowest BCUT2D eigenvalue weighted by atomic mass is 9.80. The lowest BCUT2D eigenvalue weighted by Crippen LogP contribution is -2.50. The Bertz CT molecular complexity index is 497. The molecule has 1 saturated carbocycles. The van der Waals surface area contributed by atoms with Crippen molar-refractivity contribution in [3.05, 3.63) is 22.4 Å². The summed E-state index contributed by atoms with van der Waals surface area (Å²) in [6, 6.07) is 2.14. The van der Waals surface area contributed by atoms with Crippen LogP contribution >= 0.6 is 11.3 Å². The molecule has 0 aliphatic heterocycles. The molecular weight excluding hydrogens is 284 g/mol. The third-order valence-corrected chi connectivity index (χ3v) is 4.66. The Morgan fingerprint density at radius 1 is 1.24 bits per heavy atom. The zero-order valence-corrected chi connectivity index (χ0v) is 13.8. The summed E-state index contributed by atoms with van der Waals surface area (Å²) in [5, 5.41) is 9.75. The van der Waals surface area contributed by atoms with Crippen molar-refractivity contribution in [3.63, 3.8) is 0 Å². The van der Waals surface area contributed by atoms with Crippen LogP contribution in [0.5, 0.6) is 0 Å². The van der Waals surface area contributed by atoms with Crippen molar-refractivity contribution in [3.8, 4) is 0 Å². The third kappa shape index (κ3) is 4.06. The van der Waals surface area contributed by atoms with Crippen LogP contribution in [0.25, 0.3) is 0 Å². The van der Waals surface area contributed by atoms with Crippen molar-refractivity contribution in [2.75, 3.05) is 6.54 Å². The largest absolute Gasteiger partial charge is 0.347 e. The summed E-state index contributed by atoms with van der Waals surface area (Å²) in [7, 11) is 0. The van der Waals surface area contributed by atoms with Crippen molar-refractivity contribution in [1.29, 1.82) is 0 Å². The summed E-state index contributed by atoms with van der Waals surface area (Å²) in [5.41, 5.74) is 0.909. The molecule has 0 aromatic carbocycles. The van der Waals surface area contributed by atoms with Gasteiger partial charge in [-0.1, -0.05) is 12.8 Å². The minimum absolute atomic E-state index is 0.0116. The van der Waals surface area contributed by atoms with E-state index in [1.807, 2.05) is 20.8 Å². The van der Waals surface area contributed by atoms with Gasteiger partial charge in [-0.2, -0.15) is 11.3 Å². The van der Waals surface area contributed by atoms with Crippen LogP contribution in [0.4, 0.5) is 0 Å². The van der Waals surface area contributed by atoms with E-state index in [1.165, 1.54) is 18.4 Å². The zero-order chi connectivity index (χ0) is 15.5. The average Bonchev–Trinajstić information content (AvgIpc) is 3.05. The van der Waals surface area contributed by atoms with Crippen LogP contribution in [0.15, 0.2) is 16.8 Å². The van der Waals surface area contributed by atoms with Gasteiger partial charge in [0.15, 0.2) is 0 Å². The van der Waals surface area contributed by atoms with Crippen LogP contribution in [0.2, 0.25) is 0 Å². The fourth-order valence-electron chi connectivity index (χ4n) is 2.91. The molecule has 21 heavy (non-hydrogen) atoms. The molecule has 1 aromatic heterocycles. The van der Waals surface area contributed by atoms with Crippen molar-refractivity contribution >= 4 is 23.2 Å². The third-order valence-electron chi connectivity index (χ3n) is 3.98. The Balaban J connectivity index is 1.97. The van der Waals surface area contributed by atoms with Crippen molar-refractivity contribution in [1.82, 2.24) is 10.6 Å². The smallest absolute Gasteiger partial charge is 0.309 e. The van der Waals surface area contributed by atoms with Crippen LogP contribution < -0.4 is 10.6 Å². The molecule has 1 aliphatic carbocycles. The molecule has 5 heteroatoms. The fraction of sp³-hybridized carbons (Fsp3) is 0.625. The van der Waals surface area contributed by atoms with Gasteiger partial charge in [0.05, 0.1) is 0 Å². The van der Waals surface area contributed by atoms with Gasteiger partial charge in [0.2, 0.25) is 0 Å². The summed E-state index contributed by atoms with van der Waals surface area (Å²) < 4.78 is 0. The van der Waals surface area contributed by atoms with E-state index in [2.05, 4.69) is 27.5 Å². The summed E-state index contributed by atoms with van der Waals surface area (Å²) in [6.07, 6.45) is 4.51. The van der Waals surface area contributed by atoms with E-state index in [1.54, 1.807) is 11.3 Å². The second-order valence-electron chi connectivity index (χ2n) is 6.89. The normalized spacial score (nSPS) is 17.5. The molecule has 1 aliphatic rings. The van der Waals surface area contributed by atoms with E-state index in [4.69, 9.17) is 0 Å². The zero-order valence-electron chi connectivity index (χ0n) is 13.0. The molecule has 0 atom stereocenters. The topological polar surface area (TPSA) is 58.2 Å². The van der Waals surface area contributed by atoms with Gasteiger partial charge in [-0.25, -0.2) is 0 Å². The van der Waals surface area contributed by atoms with E-state index in [0.717, 1.165) is 12.8 Å². The lowest BCUT2D eigenvalue weighted by Gasteiger charge is -2.29. The number of carbonyl (C=O) groups is 2. The summed E-state index contributed by atoms with van der Waals surface area (Å²) in [5.74, 6) is -1.09. The van der Waals surface area contributed by atoms with Crippen LogP contribution in [0.1, 0.15) is 52.0 Å². The molecule has 0 radical (unpaired) electrons. The number of hydrogen-bond donors (Lipinski definition) is 2. The van der Waals surface area contributed by atoms with Crippen LogP contribution in [0, 0.1) is 0 Å². The highest BCUT2D eigenvalue weighted by Gasteiger charge is 2.36. The highest BCUT2D eigenvalue weighted by Crippen LogP contribution is 2.41. The fourth-order valence-corrected chi connectivity index (χ4v) is 3.69. The van der Waals surface area contributed by atoms with Gasteiger partial charge < -0.3 is 10.6 Å². The van der Waals surface area contributed by atoms with Gasteiger partial charge >= 0.3 is 11.8 Å². The monoisotopic (exact) mass is 308 g/mol. The minimum atomic E-state index is -0.555. The van der Waals surface area contributed by atoms with Crippen LogP contribution in [0.3, 0.4) is 0 Å². The van der Waals surface area contributed by atoms with Gasteiger partial charge in [0.1, 0.15) is 0 Å². The highest BCUT2D eigenvalue weighted by atomic mass is 32.1. The van der Waals surface area contributed by atoms with E-state index < -0.39 is 17.4 Å². The Labute approximate surface area is 130 Å². The number of amides is 2. The first kappa shape index (κ1) is 16.0. The molecule has 1 aromatic rings.